The van der Waals surface area contributed by atoms with E-state index in [4.69, 9.17) is 17.3 Å². The van der Waals surface area contributed by atoms with Crippen molar-refractivity contribution in [3.8, 4) is 0 Å². The topological polar surface area (TPSA) is 92.4 Å². The van der Waals surface area contributed by atoms with E-state index in [0.29, 0.717) is 36.9 Å². The van der Waals surface area contributed by atoms with Gasteiger partial charge in [0.1, 0.15) is 18.2 Å². The summed E-state index contributed by atoms with van der Waals surface area (Å²) >= 11 is 7.37. The number of benzene rings is 2. The van der Waals surface area contributed by atoms with Crippen molar-refractivity contribution in [2.45, 2.75) is 30.8 Å². The van der Waals surface area contributed by atoms with Gasteiger partial charge in [0.15, 0.2) is 0 Å². The summed E-state index contributed by atoms with van der Waals surface area (Å²) in [5.74, 6) is 0.679. The highest BCUT2D eigenvalue weighted by Crippen LogP contribution is 2.24. The van der Waals surface area contributed by atoms with Crippen LogP contribution in [-0.4, -0.2) is 56.5 Å². The summed E-state index contributed by atoms with van der Waals surface area (Å²) < 4.78 is 0. The maximum absolute atomic E-state index is 13.2. The minimum absolute atomic E-state index is 0.0223. The number of rotatable bonds is 6. The lowest BCUT2D eigenvalue weighted by atomic mass is 10.1. The molecule has 4 rings (SSSR count). The molecule has 2 heterocycles. The Morgan fingerprint density at radius 3 is 2.72 bits per heavy atom. The summed E-state index contributed by atoms with van der Waals surface area (Å²) in [5.41, 5.74) is 7.62. The quantitative estimate of drug-likeness (QED) is 0.554. The molecule has 0 unspecified atom stereocenters. The van der Waals surface area contributed by atoms with Gasteiger partial charge in [-0.1, -0.05) is 24.6 Å². The molecule has 1 aliphatic rings. The first-order valence-electron chi connectivity index (χ1n) is 10.4. The second kappa shape index (κ2) is 9.75. The normalized spacial score (nSPS) is 16.6. The van der Waals surface area contributed by atoms with Gasteiger partial charge in [0.25, 0.3) is 0 Å². The third-order valence-corrected chi connectivity index (χ3v) is 6.82. The molecule has 32 heavy (non-hydrogen) atoms. The molecule has 9 heteroatoms. The summed E-state index contributed by atoms with van der Waals surface area (Å²) in [5, 5.41) is 1.46. The second-order valence-electron chi connectivity index (χ2n) is 7.62. The van der Waals surface area contributed by atoms with E-state index in [-0.39, 0.29) is 17.6 Å². The Hall–Kier alpha value is -2.84. The van der Waals surface area contributed by atoms with E-state index >= 15 is 0 Å². The Bertz CT molecular complexity index is 1140. The average molecular weight is 470 g/mol. The predicted octanol–water partition coefficient (Wildman–Crippen LogP) is 3.61. The van der Waals surface area contributed by atoms with Crippen LogP contribution in [-0.2, 0) is 16.1 Å². The molecule has 1 fully saturated rings. The number of amides is 2. The molecule has 1 saturated heterocycles. The number of aromatic nitrogens is 2. The first-order valence-corrected chi connectivity index (χ1v) is 11.8. The van der Waals surface area contributed by atoms with Crippen molar-refractivity contribution in [3.63, 3.8) is 0 Å². The molecule has 2 aromatic carbocycles. The monoisotopic (exact) mass is 469 g/mol. The zero-order valence-electron chi connectivity index (χ0n) is 17.7. The zero-order chi connectivity index (χ0) is 22.7. The molecule has 3 aromatic rings. The third kappa shape index (κ3) is 4.81. The molecule has 0 bridgehead atoms. The van der Waals surface area contributed by atoms with Crippen molar-refractivity contribution in [3.05, 3.63) is 59.4 Å². The van der Waals surface area contributed by atoms with Crippen molar-refractivity contribution in [2.75, 3.05) is 24.6 Å². The van der Waals surface area contributed by atoms with Crippen LogP contribution in [0.2, 0.25) is 5.02 Å². The zero-order valence-corrected chi connectivity index (χ0v) is 19.3. The highest BCUT2D eigenvalue weighted by atomic mass is 35.5. The lowest BCUT2D eigenvalue weighted by Gasteiger charge is -2.40. The number of nitrogen functional groups attached to an aromatic ring is 1. The van der Waals surface area contributed by atoms with Crippen LogP contribution in [0.5, 0.6) is 0 Å². The first-order chi connectivity index (χ1) is 15.5. The largest absolute Gasteiger partial charge is 0.383 e. The van der Waals surface area contributed by atoms with Gasteiger partial charge >= 0.3 is 0 Å². The number of nitrogens with zero attached hydrogens (tertiary/aromatic N) is 4. The van der Waals surface area contributed by atoms with E-state index in [2.05, 4.69) is 9.97 Å². The Labute approximate surface area is 195 Å². The fourth-order valence-corrected chi connectivity index (χ4v) is 4.80. The molecule has 1 atom stereocenters. The molecular weight excluding hydrogens is 446 g/mol. The molecule has 1 aliphatic heterocycles. The lowest BCUT2D eigenvalue weighted by Crippen LogP contribution is -2.58. The molecule has 2 N–H and O–H groups in total. The Balaban J connectivity index is 1.41. The standard InChI is InChI=1S/C23H24ClN5O2S/c1-2-20-23(31)28(12-15-3-8-18-19(11-15)26-14-27-22(18)25)9-10-29(20)21(30)13-32-17-6-4-16(24)5-7-17/h3-8,11,14,20H,2,9-10,12-13H2,1H3,(H2,25,26,27)/t20-/m0/s1. The van der Waals surface area contributed by atoms with E-state index in [1.807, 2.05) is 42.2 Å². The number of nitrogens with two attached hydrogens (primary N) is 1. The molecule has 2 amide bonds. The summed E-state index contributed by atoms with van der Waals surface area (Å²) in [6.07, 6.45) is 2.01. The SMILES string of the molecule is CC[C@H]1C(=O)N(Cc2ccc3c(N)ncnc3c2)CCN1C(=O)CSc1ccc(Cl)cc1. The maximum Gasteiger partial charge on any atom is 0.245 e. The van der Waals surface area contributed by atoms with Crippen molar-refractivity contribution in [1.82, 2.24) is 19.8 Å². The highest BCUT2D eigenvalue weighted by molar-refractivity contribution is 8.00. The number of piperazine rings is 1. The van der Waals surface area contributed by atoms with Gasteiger partial charge in [0, 0.05) is 34.9 Å². The number of thioether (sulfide) groups is 1. The van der Waals surface area contributed by atoms with Crippen LogP contribution in [0.25, 0.3) is 10.9 Å². The van der Waals surface area contributed by atoms with E-state index in [9.17, 15) is 9.59 Å². The molecule has 0 radical (unpaired) electrons. The number of carbonyl (C=O) groups is 2. The lowest BCUT2D eigenvalue weighted by molar-refractivity contribution is -0.150. The predicted molar refractivity (Wildman–Crippen MR) is 127 cm³/mol. The van der Waals surface area contributed by atoms with Gasteiger partial charge in [-0.25, -0.2) is 9.97 Å². The van der Waals surface area contributed by atoms with Crippen molar-refractivity contribution >= 4 is 51.9 Å². The Morgan fingerprint density at radius 2 is 1.97 bits per heavy atom. The minimum atomic E-state index is -0.444. The summed E-state index contributed by atoms with van der Waals surface area (Å²) in [7, 11) is 0. The van der Waals surface area contributed by atoms with Gasteiger partial charge in [-0.2, -0.15) is 0 Å². The number of hydrogen-bond acceptors (Lipinski definition) is 6. The van der Waals surface area contributed by atoms with Crippen molar-refractivity contribution in [2.24, 2.45) is 0 Å². The molecule has 166 valence electrons. The van der Waals surface area contributed by atoms with E-state index in [1.54, 1.807) is 17.0 Å². The van der Waals surface area contributed by atoms with Gasteiger partial charge < -0.3 is 15.5 Å². The van der Waals surface area contributed by atoms with Crippen molar-refractivity contribution < 1.29 is 9.59 Å². The van der Waals surface area contributed by atoms with Gasteiger partial charge in [0.2, 0.25) is 11.8 Å². The van der Waals surface area contributed by atoms with E-state index < -0.39 is 6.04 Å². The average Bonchev–Trinajstić information content (AvgIpc) is 2.80. The third-order valence-electron chi connectivity index (χ3n) is 5.57. The van der Waals surface area contributed by atoms with Gasteiger partial charge in [0.05, 0.1) is 11.3 Å². The fraction of sp³-hybridized carbons (Fsp3) is 0.304. The minimum Gasteiger partial charge on any atom is -0.383 e. The molecule has 0 saturated carbocycles. The molecule has 0 spiro atoms. The summed E-state index contributed by atoms with van der Waals surface area (Å²) in [4.78, 5) is 38.8. The van der Waals surface area contributed by atoms with Crippen LogP contribution in [0.15, 0.2) is 53.7 Å². The van der Waals surface area contributed by atoms with Gasteiger partial charge in [-0.05, 0) is 48.4 Å². The Morgan fingerprint density at radius 1 is 1.19 bits per heavy atom. The molecule has 7 nitrogen and oxygen atoms in total. The summed E-state index contributed by atoms with van der Waals surface area (Å²) in [6, 6.07) is 12.7. The van der Waals surface area contributed by atoms with Gasteiger partial charge in [-0.15, -0.1) is 11.8 Å². The number of fused-ring (bicyclic) bond motifs is 1. The van der Waals surface area contributed by atoms with Gasteiger partial charge in [-0.3, -0.25) is 9.59 Å². The van der Waals surface area contributed by atoms with E-state index in [0.717, 1.165) is 21.4 Å². The van der Waals surface area contributed by atoms with Crippen molar-refractivity contribution in [1.29, 1.82) is 0 Å². The van der Waals surface area contributed by atoms with Crippen LogP contribution in [0.4, 0.5) is 5.82 Å². The van der Waals surface area contributed by atoms with Crippen LogP contribution < -0.4 is 5.73 Å². The fourth-order valence-electron chi connectivity index (χ4n) is 3.89. The van der Waals surface area contributed by atoms with Crippen LogP contribution in [0.1, 0.15) is 18.9 Å². The first kappa shape index (κ1) is 22.4. The smallest absolute Gasteiger partial charge is 0.245 e. The maximum atomic E-state index is 13.2. The second-order valence-corrected chi connectivity index (χ2v) is 9.11. The van der Waals surface area contributed by atoms with E-state index in [1.165, 1.54) is 18.1 Å². The number of hydrogen-bond donors (Lipinski definition) is 1. The Kier molecular flexibility index (Phi) is 6.81. The highest BCUT2D eigenvalue weighted by Gasteiger charge is 2.36. The molecular formula is C23H24ClN5O2S. The molecule has 1 aromatic heterocycles. The van der Waals surface area contributed by atoms with Crippen LogP contribution >= 0.6 is 23.4 Å². The summed E-state index contributed by atoms with van der Waals surface area (Å²) in [6.45, 7) is 3.43. The number of halogens is 1. The number of anilines is 1. The van der Waals surface area contributed by atoms with Crippen LogP contribution in [0.3, 0.4) is 0 Å². The van der Waals surface area contributed by atoms with Crippen LogP contribution in [0, 0.1) is 0 Å². The molecule has 0 aliphatic carbocycles. The number of carbonyl (C=O) groups excluding carboxylic acids is 2.